The van der Waals surface area contributed by atoms with Crippen LogP contribution in [-0.2, 0) is 23.8 Å². The number of hydrogen-bond donors (Lipinski definition) is 0. The lowest BCUT2D eigenvalue weighted by atomic mass is 10.1. The molecular formula is C20H34F10O5S. The first-order chi connectivity index (χ1) is 16.0. The number of halogens is 10. The quantitative estimate of drug-likeness (QED) is 0.0664. The fraction of sp³-hybridized carbons (Fsp3) is 1.00. The molecule has 36 heavy (non-hydrogen) atoms. The van der Waals surface area contributed by atoms with E-state index in [1.807, 2.05) is 6.92 Å². The normalized spacial score (nSPS) is 14.5. The molecule has 16 heteroatoms. The Morgan fingerprint density at radius 2 is 1.03 bits per heavy atom. The van der Waals surface area contributed by atoms with Crippen LogP contribution in [0.5, 0.6) is 0 Å². The summed E-state index contributed by atoms with van der Waals surface area (Å²) in [5.74, 6) is -14.6. The molecule has 0 spiro atoms. The van der Waals surface area contributed by atoms with Crippen LogP contribution in [0.15, 0.2) is 0 Å². The summed E-state index contributed by atoms with van der Waals surface area (Å²) in [6, 6.07) is 0. The van der Waals surface area contributed by atoms with Crippen LogP contribution in [0.2, 0.25) is 0 Å². The topological polar surface area (TPSA) is 61.8 Å². The highest BCUT2D eigenvalue weighted by Gasteiger charge is 2.85. The molecule has 1 unspecified atom stereocenters. The van der Waals surface area contributed by atoms with Crippen molar-refractivity contribution < 1.29 is 66.3 Å². The molecule has 0 heterocycles. The van der Waals surface area contributed by atoms with Crippen LogP contribution >= 0.6 is 0 Å². The van der Waals surface area contributed by atoms with Crippen LogP contribution in [0.4, 0.5) is 44.2 Å². The van der Waals surface area contributed by atoms with Crippen LogP contribution in [-0.4, -0.2) is 57.8 Å². The zero-order chi connectivity index (χ0) is 27.4. The summed E-state index contributed by atoms with van der Waals surface area (Å²) in [7, 11) is -6.77. The van der Waals surface area contributed by atoms with Crippen molar-refractivity contribution >= 4 is 10.1 Å². The van der Waals surface area contributed by atoms with Gasteiger partial charge in [-0.1, -0.05) is 51.9 Å². The van der Waals surface area contributed by atoms with E-state index in [1.54, 1.807) is 0 Å². The van der Waals surface area contributed by atoms with E-state index in [1.165, 1.54) is 0 Å². The van der Waals surface area contributed by atoms with E-state index in [4.69, 9.17) is 9.47 Å². The highest BCUT2D eigenvalue weighted by molar-refractivity contribution is 7.87. The molecule has 0 fully saturated rings. The first kappa shape index (κ1) is 37.3. The second kappa shape index (κ2) is 16.2. The number of unbranched alkanes of at least 4 members (excludes halogenated alkanes) is 8. The van der Waals surface area contributed by atoms with Gasteiger partial charge in [0, 0.05) is 13.2 Å². The Balaban J connectivity index is 0. The van der Waals surface area contributed by atoms with Gasteiger partial charge in [-0.2, -0.15) is 47.9 Å². The first-order valence-electron chi connectivity index (χ1n) is 11.3. The van der Waals surface area contributed by atoms with Crippen molar-refractivity contribution in [1.29, 1.82) is 0 Å². The van der Waals surface area contributed by atoms with Gasteiger partial charge < -0.3 is 9.47 Å². The molecule has 0 bridgehead atoms. The lowest BCUT2D eigenvalue weighted by Crippen LogP contribution is -2.63. The maximum absolute atomic E-state index is 13.5. The molecule has 0 N–H and O–H groups in total. The monoisotopic (exact) mass is 576 g/mol. The van der Waals surface area contributed by atoms with Crippen molar-refractivity contribution in [3.05, 3.63) is 0 Å². The molecule has 0 aliphatic carbocycles. The van der Waals surface area contributed by atoms with Crippen molar-refractivity contribution in [3.63, 3.8) is 0 Å². The second-order valence-electron chi connectivity index (χ2n) is 7.93. The van der Waals surface area contributed by atoms with Crippen molar-refractivity contribution in [1.82, 2.24) is 0 Å². The summed E-state index contributed by atoms with van der Waals surface area (Å²) in [4.78, 5) is 0. The van der Waals surface area contributed by atoms with E-state index in [0.29, 0.717) is 26.1 Å². The summed E-state index contributed by atoms with van der Waals surface area (Å²) >= 11 is 0. The van der Waals surface area contributed by atoms with Gasteiger partial charge in [-0.25, -0.2) is 0 Å². The van der Waals surface area contributed by atoms with Gasteiger partial charge in [0.05, 0.1) is 6.61 Å². The maximum Gasteiger partial charge on any atom is 0.460 e. The fourth-order valence-electron chi connectivity index (χ4n) is 2.72. The average molecular weight is 577 g/mol. The predicted molar refractivity (Wildman–Crippen MR) is 111 cm³/mol. The SMILES string of the molecule is CCCCOC(C)OCCCCCCCCCCOS(=O)(=O)C(F)(F)C(F)(F)C(F)(F)C(F)(F)F.F. The van der Waals surface area contributed by atoms with E-state index in [9.17, 15) is 47.9 Å². The third kappa shape index (κ3) is 10.9. The van der Waals surface area contributed by atoms with Crippen LogP contribution < -0.4 is 0 Å². The van der Waals surface area contributed by atoms with Gasteiger partial charge in [-0.05, 0) is 26.2 Å². The number of rotatable bonds is 20. The van der Waals surface area contributed by atoms with Gasteiger partial charge >= 0.3 is 33.4 Å². The molecule has 0 aromatic carbocycles. The molecule has 0 aromatic heterocycles. The zero-order valence-corrected chi connectivity index (χ0v) is 20.8. The summed E-state index contributed by atoms with van der Waals surface area (Å²) in [5, 5.41) is -6.80. The molecular weight excluding hydrogens is 542 g/mol. The van der Waals surface area contributed by atoms with E-state index >= 15 is 0 Å². The van der Waals surface area contributed by atoms with Crippen molar-refractivity contribution in [3.8, 4) is 0 Å². The van der Waals surface area contributed by atoms with E-state index in [-0.39, 0.29) is 23.8 Å². The third-order valence-electron chi connectivity index (χ3n) is 4.91. The first-order valence-corrected chi connectivity index (χ1v) is 12.7. The van der Waals surface area contributed by atoms with Crippen molar-refractivity contribution in [2.45, 2.75) is 108 Å². The second-order valence-corrected chi connectivity index (χ2v) is 9.59. The Morgan fingerprint density at radius 1 is 0.639 bits per heavy atom. The lowest BCUT2D eigenvalue weighted by molar-refractivity contribution is -0.382. The summed E-state index contributed by atoms with van der Waals surface area (Å²) in [5.41, 5.74) is 0. The number of hydrogen-bond acceptors (Lipinski definition) is 5. The average Bonchev–Trinajstić information content (AvgIpc) is 2.73. The van der Waals surface area contributed by atoms with Gasteiger partial charge in [0.25, 0.3) is 0 Å². The maximum atomic E-state index is 13.5. The van der Waals surface area contributed by atoms with Crippen LogP contribution in [0.25, 0.3) is 0 Å². The van der Waals surface area contributed by atoms with Crippen LogP contribution in [0.1, 0.15) is 78.1 Å². The van der Waals surface area contributed by atoms with Gasteiger partial charge in [0.15, 0.2) is 6.29 Å². The standard InChI is InChI=1S/C20H33F9O5S.FH/c1-3-4-13-32-16(2)33-14-11-9-7-5-6-8-10-12-15-34-35(30,31)20(28,29)18(23,24)17(21,22)19(25,26)27;/h16H,3-15H2,1-2H3;1H. The van der Waals surface area contributed by atoms with E-state index in [2.05, 4.69) is 11.1 Å². The number of ether oxygens (including phenoxy) is 2. The van der Waals surface area contributed by atoms with Crippen LogP contribution in [0, 0.1) is 0 Å². The van der Waals surface area contributed by atoms with Crippen molar-refractivity contribution in [2.24, 2.45) is 0 Å². The molecule has 1 atom stereocenters. The zero-order valence-electron chi connectivity index (χ0n) is 20.0. The summed E-state index contributed by atoms with van der Waals surface area (Å²) in [6.07, 6.45) is -0.785. The molecule has 220 valence electrons. The minimum atomic E-state index is -7.30. The Bertz CT molecular complexity index is 687. The molecule has 5 nitrogen and oxygen atoms in total. The summed E-state index contributed by atoms with van der Waals surface area (Å²) < 4.78 is 152. The molecule has 0 aromatic rings. The molecule has 0 saturated heterocycles. The third-order valence-corrected chi connectivity index (χ3v) is 6.27. The predicted octanol–water partition coefficient (Wildman–Crippen LogP) is 7.21. The minimum absolute atomic E-state index is 0. The molecule has 0 aliphatic heterocycles. The molecule has 0 rings (SSSR count). The van der Waals surface area contributed by atoms with Gasteiger partial charge in [-0.3, -0.25) is 8.89 Å². The van der Waals surface area contributed by atoms with Crippen molar-refractivity contribution in [2.75, 3.05) is 19.8 Å². The highest BCUT2D eigenvalue weighted by atomic mass is 32.2. The Labute approximate surface area is 204 Å². The largest absolute Gasteiger partial charge is 0.460 e. The van der Waals surface area contributed by atoms with Gasteiger partial charge in [-0.15, -0.1) is 0 Å². The smallest absolute Gasteiger partial charge is 0.353 e. The number of alkyl halides is 9. The highest BCUT2D eigenvalue weighted by Crippen LogP contribution is 2.54. The Kier molecular flexibility index (Phi) is 16.7. The van der Waals surface area contributed by atoms with Gasteiger partial charge in [0.2, 0.25) is 0 Å². The Hall–Kier alpha value is -0.870. The van der Waals surface area contributed by atoms with Gasteiger partial charge in [0.1, 0.15) is 0 Å². The minimum Gasteiger partial charge on any atom is -0.353 e. The van der Waals surface area contributed by atoms with E-state index in [0.717, 1.165) is 38.5 Å². The summed E-state index contributed by atoms with van der Waals surface area (Å²) in [6.45, 7) is 3.97. The van der Waals surface area contributed by atoms with E-state index < -0.39 is 40.0 Å². The molecule has 0 aliphatic rings. The fourth-order valence-corrected chi connectivity index (χ4v) is 3.64. The lowest BCUT2D eigenvalue weighted by Gasteiger charge is -2.32. The Morgan fingerprint density at radius 3 is 1.44 bits per heavy atom. The van der Waals surface area contributed by atoms with Crippen LogP contribution in [0.3, 0.4) is 0 Å². The molecule has 0 saturated carbocycles. The molecule has 0 radical (unpaired) electrons. The molecule has 0 amide bonds.